The zero-order valence-corrected chi connectivity index (χ0v) is 7.55. The van der Waals surface area contributed by atoms with Crippen molar-refractivity contribution in [1.29, 1.82) is 0 Å². The van der Waals surface area contributed by atoms with Crippen molar-refractivity contribution in [3.05, 3.63) is 35.9 Å². The maximum Gasteiger partial charge on any atom is 0.337 e. The summed E-state index contributed by atoms with van der Waals surface area (Å²) in [5.74, 6) is -1.23. The Bertz CT molecular complexity index is 248. The fourth-order valence-corrected chi connectivity index (χ4v) is 0.778. The molecule has 1 aromatic rings. The SMILES string of the molecule is O=C(O)[C@H](O)c1ccccc1.[Ag]. The Morgan fingerprint density at radius 3 is 2.17 bits per heavy atom. The van der Waals surface area contributed by atoms with Crippen molar-refractivity contribution in [2.24, 2.45) is 0 Å². The molecule has 0 saturated carbocycles. The van der Waals surface area contributed by atoms with E-state index in [1.165, 1.54) is 0 Å². The molecule has 69 valence electrons. The van der Waals surface area contributed by atoms with Gasteiger partial charge >= 0.3 is 5.97 Å². The van der Waals surface area contributed by atoms with E-state index in [2.05, 4.69) is 0 Å². The van der Waals surface area contributed by atoms with Gasteiger partial charge in [-0.05, 0) is 5.56 Å². The van der Waals surface area contributed by atoms with Gasteiger partial charge in [0.1, 0.15) is 0 Å². The molecule has 0 heterocycles. The summed E-state index contributed by atoms with van der Waals surface area (Å²) in [4.78, 5) is 10.2. The van der Waals surface area contributed by atoms with Crippen LogP contribution < -0.4 is 0 Å². The van der Waals surface area contributed by atoms with Crippen LogP contribution in [0, 0.1) is 0 Å². The van der Waals surface area contributed by atoms with Crippen LogP contribution in [-0.2, 0) is 27.2 Å². The molecule has 3 nitrogen and oxygen atoms in total. The third-order valence-corrected chi connectivity index (χ3v) is 1.35. The summed E-state index contributed by atoms with van der Waals surface area (Å²) < 4.78 is 0. The molecule has 1 rings (SSSR count). The van der Waals surface area contributed by atoms with E-state index in [4.69, 9.17) is 10.2 Å². The van der Waals surface area contributed by atoms with Crippen molar-refractivity contribution in [2.75, 3.05) is 0 Å². The van der Waals surface area contributed by atoms with Crippen LogP contribution in [0.1, 0.15) is 11.7 Å². The van der Waals surface area contributed by atoms with Gasteiger partial charge in [0.25, 0.3) is 0 Å². The summed E-state index contributed by atoms with van der Waals surface area (Å²) in [5.41, 5.74) is 0.403. The summed E-state index contributed by atoms with van der Waals surface area (Å²) in [5, 5.41) is 17.4. The molecule has 0 aliphatic heterocycles. The van der Waals surface area contributed by atoms with Crippen LogP contribution >= 0.6 is 0 Å². The first-order chi connectivity index (χ1) is 5.22. The van der Waals surface area contributed by atoms with Crippen LogP contribution in [0.25, 0.3) is 0 Å². The van der Waals surface area contributed by atoms with Gasteiger partial charge in [-0.2, -0.15) is 0 Å². The van der Waals surface area contributed by atoms with Crippen molar-refractivity contribution in [2.45, 2.75) is 6.10 Å². The van der Waals surface area contributed by atoms with Gasteiger partial charge < -0.3 is 10.2 Å². The van der Waals surface area contributed by atoms with E-state index < -0.39 is 12.1 Å². The molecule has 0 spiro atoms. The van der Waals surface area contributed by atoms with E-state index in [0.717, 1.165) is 0 Å². The third-order valence-electron chi connectivity index (χ3n) is 1.35. The van der Waals surface area contributed by atoms with Crippen LogP contribution in [0.2, 0.25) is 0 Å². The summed E-state index contributed by atoms with van der Waals surface area (Å²) in [6.07, 6.45) is -1.41. The van der Waals surface area contributed by atoms with Crippen LogP contribution in [0.15, 0.2) is 30.3 Å². The fourth-order valence-electron chi connectivity index (χ4n) is 0.778. The first kappa shape index (κ1) is 11.4. The molecule has 12 heavy (non-hydrogen) atoms. The monoisotopic (exact) mass is 259 g/mol. The van der Waals surface area contributed by atoms with Gasteiger partial charge in [-0.1, -0.05) is 30.3 Å². The number of rotatable bonds is 2. The molecule has 1 atom stereocenters. The number of carbonyl (C=O) groups is 1. The predicted molar refractivity (Wildman–Crippen MR) is 39.0 cm³/mol. The number of carboxylic acid groups (broad SMARTS) is 1. The van der Waals surface area contributed by atoms with Gasteiger partial charge in [-0.3, -0.25) is 0 Å². The second-order valence-corrected chi connectivity index (χ2v) is 2.15. The molecule has 0 saturated heterocycles. The van der Waals surface area contributed by atoms with Gasteiger partial charge in [0, 0.05) is 22.4 Å². The van der Waals surface area contributed by atoms with Crippen molar-refractivity contribution in [3.63, 3.8) is 0 Å². The van der Waals surface area contributed by atoms with Gasteiger partial charge in [0.15, 0.2) is 6.10 Å². The minimum absolute atomic E-state index is 0. The molecule has 1 radical (unpaired) electrons. The van der Waals surface area contributed by atoms with E-state index in [0.29, 0.717) is 5.56 Å². The molecular formula is C8H8AgO3. The summed E-state index contributed by atoms with van der Waals surface area (Å²) in [6.45, 7) is 0. The van der Waals surface area contributed by atoms with Crippen LogP contribution in [0.5, 0.6) is 0 Å². The van der Waals surface area contributed by atoms with Crippen LogP contribution in [0.3, 0.4) is 0 Å². The fraction of sp³-hybridized carbons (Fsp3) is 0.125. The molecule has 0 amide bonds. The summed E-state index contributed by atoms with van der Waals surface area (Å²) in [7, 11) is 0. The molecule has 0 aliphatic rings. The Kier molecular flexibility index (Phi) is 4.85. The Morgan fingerprint density at radius 1 is 1.25 bits per heavy atom. The first-order valence-electron chi connectivity index (χ1n) is 3.17. The number of aliphatic carboxylic acids is 1. The van der Waals surface area contributed by atoms with Crippen LogP contribution in [0.4, 0.5) is 0 Å². The first-order valence-corrected chi connectivity index (χ1v) is 3.17. The molecule has 0 bridgehead atoms. The molecule has 0 unspecified atom stereocenters. The molecule has 1 aromatic carbocycles. The molecular weight excluding hydrogens is 252 g/mol. The van der Waals surface area contributed by atoms with Gasteiger partial charge in [0.05, 0.1) is 0 Å². The van der Waals surface area contributed by atoms with E-state index >= 15 is 0 Å². The Hall–Kier alpha value is -0.610. The van der Waals surface area contributed by atoms with Crippen molar-refractivity contribution in [1.82, 2.24) is 0 Å². The van der Waals surface area contributed by atoms with Crippen LogP contribution in [-0.4, -0.2) is 16.2 Å². The second-order valence-electron chi connectivity index (χ2n) is 2.15. The minimum Gasteiger partial charge on any atom is -0.479 e. The minimum atomic E-state index is -1.41. The van der Waals surface area contributed by atoms with E-state index in [1.54, 1.807) is 30.3 Å². The zero-order chi connectivity index (χ0) is 8.27. The van der Waals surface area contributed by atoms with E-state index in [-0.39, 0.29) is 22.4 Å². The molecule has 0 fully saturated rings. The molecule has 2 N–H and O–H groups in total. The molecule has 4 heteroatoms. The number of hydrogen-bond donors (Lipinski definition) is 2. The number of benzene rings is 1. The predicted octanol–water partition coefficient (Wildman–Crippen LogP) is 0.802. The third kappa shape index (κ3) is 2.79. The Labute approximate surface area is 85.5 Å². The van der Waals surface area contributed by atoms with Crippen molar-refractivity contribution >= 4 is 5.97 Å². The largest absolute Gasteiger partial charge is 0.479 e. The second kappa shape index (κ2) is 5.11. The van der Waals surface area contributed by atoms with E-state index in [1.807, 2.05) is 0 Å². The maximum absolute atomic E-state index is 10.2. The number of aliphatic hydroxyl groups is 1. The van der Waals surface area contributed by atoms with Gasteiger partial charge in [0.2, 0.25) is 0 Å². The Balaban J connectivity index is 0.00000121. The smallest absolute Gasteiger partial charge is 0.337 e. The standard InChI is InChI=1S/C8H8O3.Ag/c9-7(8(10)11)6-4-2-1-3-5-6;/h1-5,7,9H,(H,10,11);/t7-;/m1./s1. The summed E-state index contributed by atoms with van der Waals surface area (Å²) >= 11 is 0. The normalized spacial score (nSPS) is 11.4. The molecule has 0 aromatic heterocycles. The number of carboxylic acids is 1. The quantitative estimate of drug-likeness (QED) is 0.773. The Morgan fingerprint density at radius 2 is 1.75 bits per heavy atom. The topological polar surface area (TPSA) is 57.5 Å². The van der Waals surface area contributed by atoms with Gasteiger partial charge in [-0.15, -0.1) is 0 Å². The average molecular weight is 260 g/mol. The number of aliphatic hydroxyl groups excluding tert-OH is 1. The maximum atomic E-state index is 10.2. The number of hydrogen-bond acceptors (Lipinski definition) is 2. The molecule has 0 aliphatic carbocycles. The zero-order valence-electron chi connectivity index (χ0n) is 6.07. The van der Waals surface area contributed by atoms with E-state index in [9.17, 15) is 4.79 Å². The average Bonchev–Trinajstić information content (AvgIpc) is 2.05. The van der Waals surface area contributed by atoms with Crippen molar-refractivity contribution < 1.29 is 37.4 Å². The van der Waals surface area contributed by atoms with Gasteiger partial charge in [-0.25, -0.2) is 4.79 Å². The summed E-state index contributed by atoms with van der Waals surface area (Å²) in [6, 6.07) is 8.26. The van der Waals surface area contributed by atoms with Crippen molar-refractivity contribution in [3.8, 4) is 0 Å².